The van der Waals surface area contributed by atoms with Gasteiger partial charge in [-0.2, -0.15) is 0 Å². The minimum Gasteiger partial charge on any atom is -0.481 e. The fraction of sp³-hybridized carbons (Fsp3) is 0.625. The van der Waals surface area contributed by atoms with Crippen molar-refractivity contribution in [2.45, 2.75) is 33.6 Å². The van der Waals surface area contributed by atoms with Crippen LogP contribution in [-0.2, 0) is 14.4 Å². The first-order valence-electron chi connectivity index (χ1n) is 3.65. The molecule has 0 saturated carbocycles. The molecule has 0 bridgehead atoms. The summed E-state index contributed by atoms with van der Waals surface area (Å²) in [5, 5.41) is 7.91. The van der Waals surface area contributed by atoms with Crippen molar-refractivity contribution in [1.29, 1.82) is 0 Å². The van der Waals surface area contributed by atoms with Gasteiger partial charge in [0.25, 0.3) is 0 Å². The van der Waals surface area contributed by atoms with Crippen LogP contribution in [-0.4, -0.2) is 22.6 Å². The minimum atomic E-state index is -0.711. The highest BCUT2D eigenvalue weighted by Crippen LogP contribution is 1.82. The molecule has 4 heteroatoms. The molecule has 0 aliphatic heterocycles. The number of Topliss-reactive ketones (excluding diaryl/α,β-unsaturated/α-hetero) is 2. The van der Waals surface area contributed by atoms with Gasteiger partial charge < -0.3 is 5.11 Å². The summed E-state index contributed by atoms with van der Waals surface area (Å²) in [5.74, 6) is -1.47. The molecule has 70 valence electrons. The summed E-state index contributed by atoms with van der Waals surface area (Å²) >= 11 is 0. The number of carboxylic acids is 1. The van der Waals surface area contributed by atoms with Crippen LogP contribution in [0.1, 0.15) is 33.6 Å². The Morgan fingerprint density at radius 3 is 1.42 bits per heavy atom. The Bertz CT molecular complexity index is 160. The Kier molecular flexibility index (Phi) is 8.84. The van der Waals surface area contributed by atoms with Gasteiger partial charge in [0.1, 0.15) is 0 Å². The van der Waals surface area contributed by atoms with Gasteiger partial charge in [0, 0.05) is 20.3 Å². The molecule has 0 aliphatic carbocycles. The highest BCUT2D eigenvalue weighted by atomic mass is 16.4. The van der Waals surface area contributed by atoms with Crippen LogP contribution in [0, 0.1) is 0 Å². The molecule has 0 rings (SSSR count). The summed E-state index contributed by atoms with van der Waals surface area (Å²) in [6, 6.07) is 0. The van der Waals surface area contributed by atoms with Crippen LogP contribution in [0.3, 0.4) is 0 Å². The summed E-state index contributed by atoms with van der Waals surface area (Å²) in [4.78, 5) is 29.2. The molecule has 0 aromatic carbocycles. The van der Waals surface area contributed by atoms with Crippen molar-refractivity contribution >= 4 is 17.5 Å². The van der Waals surface area contributed by atoms with Crippen molar-refractivity contribution in [3.8, 4) is 0 Å². The molecular weight excluding hydrogens is 160 g/mol. The molecule has 0 fully saturated rings. The molecule has 4 nitrogen and oxygen atoms in total. The van der Waals surface area contributed by atoms with Crippen LogP contribution in [0.2, 0.25) is 0 Å². The van der Waals surface area contributed by atoms with Gasteiger partial charge >= 0.3 is 5.97 Å². The molecule has 0 aromatic rings. The van der Waals surface area contributed by atoms with Gasteiger partial charge in [0.2, 0.25) is 0 Å². The second kappa shape index (κ2) is 7.91. The van der Waals surface area contributed by atoms with Crippen molar-refractivity contribution in [2.24, 2.45) is 0 Å². The predicted octanol–water partition coefficient (Wildman–Crippen LogP) is 1.04. The van der Waals surface area contributed by atoms with E-state index in [1.165, 1.54) is 13.8 Å². The van der Waals surface area contributed by atoms with Gasteiger partial charge in [-0.1, -0.05) is 6.92 Å². The van der Waals surface area contributed by atoms with Crippen LogP contribution < -0.4 is 0 Å². The zero-order valence-electron chi connectivity index (χ0n) is 7.59. The number of carboxylic acid groups (broad SMARTS) is 1. The van der Waals surface area contributed by atoms with Crippen molar-refractivity contribution in [3.05, 3.63) is 0 Å². The standard InChI is InChI=1S/C4H6O2.C4H8O2/c1-3(5)4(2)6;1-2-3-4(5)6/h1-2H3;2-3H2,1H3,(H,5,6). The van der Waals surface area contributed by atoms with Crippen LogP contribution in [0.4, 0.5) is 0 Å². The molecule has 0 heterocycles. The van der Waals surface area contributed by atoms with E-state index in [-0.39, 0.29) is 11.6 Å². The molecule has 1 N–H and O–H groups in total. The average Bonchev–Trinajstić information content (AvgIpc) is 1.87. The monoisotopic (exact) mass is 174 g/mol. The average molecular weight is 174 g/mol. The molecule has 0 radical (unpaired) electrons. The van der Waals surface area contributed by atoms with Crippen LogP contribution in [0.5, 0.6) is 0 Å². The summed E-state index contributed by atoms with van der Waals surface area (Å²) in [7, 11) is 0. The van der Waals surface area contributed by atoms with Gasteiger partial charge in [-0.05, 0) is 6.42 Å². The number of hydrogen-bond donors (Lipinski definition) is 1. The number of rotatable bonds is 3. The second-order valence-corrected chi connectivity index (χ2v) is 2.26. The highest BCUT2D eigenvalue weighted by molar-refractivity contribution is 6.35. The molecule has 0 aromatic heterocycles. The Morgan fingerprint density at radius 1 is 1.08 bits per heavy atom. The highest BCUT2D eigenvalue weighted by Gasteiger charge is 1.94. The number of carbonyl (C=O) groups excluding carboxylic acids is 2. The predicted molar refractivity (Wildman–Crippen MR) is 43.9 cm³/mol. The first kappa shape index (κ1) is 13.4. The lowest BCUT2D eigenvalue weighted by molar-refractivity contribution is -0.137. The number of ketones is 2. The Balaban J connectivity index is 0. The first-order chi connectivity index (χ1) is 5.41. The summed E-state index contributed by atoms with van der Waals surface area (Å²) < 4.78 is 0. The smallest absolute Gasteiger partial charge is 0.303 e. The quantitative estimate of drug-likeness (QED) is 0.649. The van der Waals surface area contributed by atoms with E-state index in [0.29, 0.717) is 6.42 Å². The third-order valence-corrected chi connectivity index (χ3v) is 0.960. The third kappa shape index (κ3) is 15.9. The fourth-order valence-corrected chi connectivity index (χ4v) is 0.214. The second-order valence-electron chi connectivity index (χ2n) is 2.26. The Labute approximate surface area is 71.6 Å². The van der Waals surface area contributed by atoms with E-state index in [1.54, 1.807) is 0 Å². The van der Waals surface area contributed by atoms with Crippen LogP contribution in [0.25, 0.3) is 0 Å². The zero-order chi connectivity index (χ0) is 10.1. The lowest BCUT2D eigenvalue weighted by Crippen LogP contribution is -2.01. The summed E-state index contributed by atoms with van der Waals surface area (Å²) in [6.45, 7) is 4.35. The summed E-state index contributed by atoms with van der Waals surface area (Å²) in [5.41, 5.74) is 0. The Morgan fingerprint density at radius 2 is 1.42 bits per heavy atom. The molecule has 0 aliphatic rings. The van der Waals surface area contributed by atoms with Crippen LogP contribution in [0.15, 0.2) is 0 Å². The maximum absolute atomic E-state index is 9.79. The maximum atomic E-state index is 9.79. The largest absolute Gasteiger partial charge is 0.481 e. The van der Waals surface area contributed by atoms with Gasteiger partial charge in [-0.3, -0.25) is 14.4 Å². The fourth-order valence-electron chi connectivity index (χ4n) is 0.214. The number of carbonyl (C=O) groups is 3. The lowest BCUT2D eigenvalue weighted by Gasteiger charge is -1.79. The molecule has 0 saturated heterocycles. The molecule has 0 spiro atoms. The third-order valence-electron chi connectivity index (χ3n) is 0.960. The maximum Gasteiger partial charge on any atom is 0.303 e. The summed E-state index contributed by atoms with van der Waals surface area (Å²) in [6.07, 6.45) is 1.02. The van der Waals surface area contributed by atoms with Crippen LogP contribution >= 0.6 is 0 Å². The van der Waals surface area contributed by atoms with E-state index in [1.807, 2.05) is 6.92 Å². The normalized spacial score (nSPS) is 7.92. The first-order valence-corrected chi connectivity index (χ1v) is 3.65. The molecular formula is C8H14O4. The Hall–Kier alpha value is -1.19. The van der Waals surface area contributed by atoms with E-state index in [9.17, 15) is 14.4 Å². The molecule has 0 atom stereocenters. The zero-order valence-corrected chi connectivity index (χ0v) is 7.59. The van der Waals surface area contributed by atoms with E-state index in [2.05, 4.69) is 0 Å². The number of aliphatic carboxylic acids is 1. The van der Waals surface area contributed by atoms with Crippen molar-refractivity contribution < 1.29 is 19.5 Å². The molecule has 0 amide bonds. The van der Waals surface area contributed by atoms with E-state index < -0.39 is 5.97 Å². The van der Waals surface area contributed by atoms with Gasteiger partial charge in [-0.25, -0.2) is 0 Å². The van der Waals surface area contributed by atoms with E-state index in [0.717, 1.165) is 6.42 Å². The number of hydrogen-bond acceptors (Lipinski definition) is 3. The van der Waals surface area contributed by atoms with E-state index >= 15 is 0 Å². The topological polar surface area (TPSA) is 71.4 Å². The van der Waals surface area contributed by atoms with Gasteiger partial charge in [-0.15, -0.1) is 0 Å². The van der Waals surface area contributed by atoms with Crippen molar-refractivity contribution in [2.75, 3.05) is 0 Å². The minimum absolute atomic E-state index is 0.292. The van der Waals surface area contributed by atoms with E-state index in [4.69, 9.17) is 5.11 Å². The SMILES string of the molecule is CC(=O)C(C)=O.CCCC(=O)O. The lowest BCUT2D eigenvalue weighted by atomic mass is 10.3. The van der Waals surface area contributed by atoms with Crippen molar-refractivity contribution in [3.63, 3.8) is 0 Å². The van der Waals surface area contributed by atoms with Gasteiger partial charge in [0.05, 0.1) is 0 Å². The molecule has 12 heavy (non-hydrogen) atoms. The van der Waals surface area contributed by atoms with Gasteiger partial charge in [0.15, 0.2) is 11.6 Å². The van der Waals surface area contributed by atoms with Crippen molar-refractivity contribution in [1.82, 2.24) is 0 Å². The molecule has 0 unspecified atom stereocenters.